The van der Waals surface area contributed by atoms with E-state index in [-0.39, 0.29) is 69.8 Å². The smallest absolute Gasteiger partial charge is 0.316 e. The Bertz CT molecular complexity index is 3410. The highest BCUT2D eigenvalue weighted by molar-refractivity contribution is 5.94. The minimum Gasteiger partial charge on any atom is -0.451 e. The molecule has 9 atom stereocenters. The van der Waals surface area contributed by atoms with Gasteiger partial charge < -0.3 is 41.0 Å². The Hall–Kier alpha value is -7.66. The largest absolute Gasteiger partial charge is 0.451 e. The molecule has 4 aliphatic heterocycles. The molecule has 4 fully saturated rings. The maximum absolute atomic E-state index is 15.3. The van der Waals surface area contributed by atoms with Crippen LogP contribution in [0.4, 0.5) is 0 Å². The standard InChI is InChI=1S/C66H84N10O12/c1-36(2)55-59(81)69-40(6)61(83)75-30-8-11-52(73-75)58(80)68-39(5)50-17-15-48-45(33-43(35-54(48)72-50)19-25-66(63(85)87-55)28-22-47(78)23-29-66)32-37(3)56-60(82)70-41(7)62(84)76-31-9-10-51(74-76)57(79)67-38(4)49-16-14-44-13-12-42(34-53(44)71-49)18-24-65(64(86)88-56)26-20-46(77)21-27-65/h12-19,24-25,33-41,46-47,51-52,55-56,73-74,77-78H,8-11,20-23,26-32H2,1-7H3,(H,67,79)(H,68,80)(H,69,81)(H,70,82)/b24-18+,25-19+/t37?,38-,39-,40+,41+,46-,47-,51+,52+,55-,56+,65+,66-/m1/s1. The number of esters is 2. The first-order valence-electron chi connectivity index (χ1n) is 31.4. The van der Waals surface area contributed by atoms with Gasteiger partial charge in [0.25, 0.3) is 23.6 Å². The first-order chi connectivity index (χ1) is 42.0. The number of hydrogen-bond donors (Lipinski definition) is 8. The number of amides is 6. The molecule has 4 aromatic rings. The quantitative estimate of drug-likeness (QED) is 0.119. The van der Waals surface area contributed by atoms with E-state index in [1.54, 1.807) is 52.0 Å². The molecular formula is C66H84N10O12. The number of aliphatic hydroxyl groups excluding tert-OH is 2. The molecule has 8 N–H and O–H groups in total. The molecule has 2 saturated heterocycles. The second-order valence-corrected chi connectivity index (χ2v) is 25.7. The number of cyclic esters (lactones) is 2. The Morgan fingerprint density at radius 1 is 0.545 bits per heavy atom. The number of nitrogens with zero attached hydrogens (tertiary/aromatic N) is 4. The van der Waals surface area contributed by atoms with E-state index in [0.29, 0.717) is 77.5 Å². The van der Waals surface area contributed by atoms with Crippen molar-refractivity contribution in [3.05, 3.63) is 94.8 Å². The van der Waals surface area contributed by atoms with Gasteiger partial charge in [-0.2, -0.15) is 0 Å². The fraction of sp³-hybridized carbons (Fsp3) is 0.545. The third-order valence-electron chi connectivity index (χ3n) is 18.6. The highest BCUT2D eigenvalue weighted by Gasteiger charge is 2.46. The zero-order valence-electron chi connectivity index (χ0n) is 51.3. The Morgan fingerprint density at radius 2 is 1.00 bits per heavy atom. The summed E-state index contributed by atoms with van der Waals surface area (Å²) in [7, 11) is 0. The average Bonchev–Trinajstić information content (AvgIpc) is 2.08. The lowest BCUT2D eigenvalue weighted by Crippen LogP contribution is -2.61. The SMILES string of the molecule is CC(Cc1cc2cc3nc(ccc13)[C@@H](C)NC(=O)[C@@H]1CCCN(N1)C(=O)[C@H](C)NC(=O)[C@@H](C(C)C)OC(=O)[C@]1(/C=C/2)CC[C@@H](O)CC1)[C@@H]1OC(=O)[C@]2(/C=C/c3ccc4ccc(nc4c3)[C@@H](C)NC(=O)[C@@H]3CCCN(N3)C(=O)[C@H](C)NC1=O)CC[C@H](O)CC2. The molecule has 2 aromatic heterocycles. The van der Waals surface area contributed by atoms with Gasteiger partial charge in [-0.1, -0.05) is 75.4 Å². The van der Waals surface area contributed by atoms with E-state index in [0.717, 1.165) is 10.9 Å². The third kappa shape index (κ3) is 13.9. The van der Waals surface area contributed by atoms with Gasteiger partial charge in [0, 0.05) is 29.8 Å². The van der Waals surface area contributed by atoms with Crippen LogP contribution in [0.3, 0.4) is 0 Å². The van der Waals surface area contributed by atoms with Crippen molar-refractivity contribution in [1.82, 2.24) is 52.1 Å². The normalized spacial score (nSPS) is 32.0. The maximum Gasteiger partial charge on any atom is 0.316 e. The Morgan fingerprint density at radius 3 is 1.53 bits per heavy atom. The van der Waals surface area contributed by atoms with Crippen molar-refractivity contribution in [1.29, 1.82) is 0 Å². The second kappa shape index (κ2) is 26.6. The summed E-state index contributed by atoms with van der Waals surface area (Å²) in [5, 5.41) is 37.6. The fourth-order valence-electron chi connectivity index (χ4n) is 13.0. The molecule has 2 aromatic carbocycles. The lowest BCUT2D eigenvalue weighted by Gasteiger charge is -2.37. The first-order valence-corrected chi connectivity index (χ1v) is 31.4. The number of nitrogens with one attached hydrogen (secondary N) is 6. The summed E-state index contributed by atoms with van der Waals surface area (Å²) in [5.74, 6) is -5.70. The lowest BCUT2D eigenvalue weighted by molar-refractivity contribution is -0.169. The number of benzene rings is 2. The molecule has 22 heteroatoms. The van der Waals surface area contributed by atoms with Crippen LogP contribution in [-0.4, -0.2) is 139 Å². The van der Waals surface area contributed by atoms with Gasteiger partial charge in [0.1, 0.15) is 24.2 Å². The number of rotatable bonds is 4. The zero-order valence-corrected chi connectivity index (χ0v) is 51.3. The molecule has 470 valence electrons. The van der Waals surface area contributed by atoms with Gasteiger partial charge in [-0.15, -0.1) is 0 Å². The Labute approximate surface area is 512 Å². The molecule has 6 amide bonds. The number of ether oxygens (including phenoxy) is 2. The number of hydrogen-bond acceptors (Lipinski definition) is 16. The third-order valence-corrected chi connectivity index (χ3v) is 18.6. The van der Waals surface area contributed by atoms with Crippen molar-refractivity contribution in [2.75, 3.05) is 13.1 Å². The first kappa shape index (κ1) is 63.4. The molecule has 2 saturated carbocycles. The van der Waals surface area contributed by atoms with Gasteiger partial charge in [-0.05, 0) is 158 Å². The molecule has 88 heavy (non-hydrogen) atoms. The topological polar surface area (TPSA) is 300 Å². The van der Waals surface area contributed by atoms with Crippen LogP contribution in [0.1, 0.15) is 166 Å². The number of carbonyl (C=O) groups excluding carboxylic acids is 8. The van der Waals surface area contributed by atoms with Gasteiger partial charge in [-0.25, -0.2) is 10.9 Å². The minimum absolute atomic E-state index is 0.0985. The van der Waals surface area contributed by atoms with E-state index in [1.165, 1.54) is 23.9 Å². The van der Waals surface area contributed by atoms with E-state index in [9.17, 15) is 39.0 Å². The van der Waals surface area contributed by atoms with Gasteiger partial charge in [0.15, 0.2) is 12.2 Å². The van der Waals surface area contributed by atoms with Gasteiger partial charge in [0.05, 0.1) is 57.5 Å². The van der Waals surface area contributed by atoms with Crippen molar-refractivity contribution in [2.45, 2.75) is 193 Å². The molecule has 6 aliphatic rings. The molecule has 2 spiro atoms. The van der Waals surface area contributed by atoms with Crippen molar-refractivity contribution < 1.29 is 58.0 Å². The highest BCUT2D eigenvalue weighted by atomic mass is 16.6. The summed E-state index contributed by atoms with van der Waals surface area (Å²) < 4.78 is 12.7. The average molecular weight is 1210 g/mol. The van der Waals surface area contributed by atoms with E-state index in [2.05, 4.69) is 32.1 Å². The molecule has 1 unspecified atom stereocenters. The van der Waals surface area contributed by atoms with Crippen LogP contribution < -0.4 is 32.1 Å². The van der Waals surface area contributed by atoms with Crippen LogP contribution in [0.25, 0.3) is 34.0 Å². The summed E-state index contributed by atoms with van der Waals surface area (Å²) in [6.45, 7) is 12.5. The summed E-state index contributed by atoms with van der Waals surface area (Å²) in [4.78, 5) is 125. The van der Waals surface area contributed by atoms with Crippen LogP contribution in [0.15, 0.2) is 66.7 Å². The molecule has 6 heterocycles. The van der Waals surface area contributed by atoms with E-state index in [1.807, 2.05) is 61.5 Å². The van der Waals surface area contributed by atoms with Crippen molar-refractivity contribution >= 4 is 81.3 Å². The molecule has 2 aliphatic carbocycles. The fourth-order valence-corrected chi connectivity index (χ4v) is 13.0. The molecule has 0 radical (unpaired) electrons. The minimum atomic E-state index is -1.50. The van der Waals surface area contributed by atoms with E-state index in [4.69, 9.17) is 19.4 Å². The lowest BCUT2D eigenvalue weighted by atomic mass is 9.72. The number of hydrazine groups is 2. The summed E-state index contributed by atoms with van der Waals surface area (Å²) in [5.41, 5.74) is 7.88. The molecular weight excluding hydrogens is 1120 g/mol. The van der Waals surface area contributed by atoms with Crippen LogP contribution in [0.5, 0.6) is 0 Å². The summed E-state index contributed by atoms with van der Waals surface area (Å²) >= 11 is 0. The van der Waals surface area contributed by atoms with Crippen molar-refractivity contribution in [2.24, 2.45) is 22.7 Å². The van der Waals surface area contributed by atoms with Crippen molar-refractivity contribution in [3.8, 4) is 0 Å². The number of aliphatic hydroxyl groups is 2. The second-order valence-electron chi connectivity index (χ2n) is 25.7. The number of aromatic nitrogens is 2. The molecule has 10 bridgehead atoms. The number of pyridine rings is 2. The van der Waals surface area contributed by atoms with Crippen LogP contribution in [0, 0.1) is 22.7 Å². The summed E-state index contributed by atoms with van der Waals surface area (Å²) in [6, 6.07) is 12.1. The predicted octanol–water partition coefficient (Wildman–Crippen LogP) is 5.39. The maximum atomic E-state index is 15.3. The van der Waals surface area contributed by atoms with Gasteiger partial charge in [-0.3, -0.25) is 58.3 Å². The summed E-state index contributed by atoms with van der Waals surface area (Å²) in [6.07, 6.45) is 7.01. The van der Waals surface area contributed by atoms with Crippen LogP contribution in [-0.2, 0) is 54.3 Å². The number of carbonyl (C=O) groups is 8. The Kier molecular flexibility index (Phi) is 19.1. The zero-order chi connectivity index (χ0) is 62.8. The highest BCUT2D eigenvalue weighted by Crippen LogP contribution is 2.43. The monoisotopic (exact) mass is 1210 g/mol. The van der Waals surface area contributed by atoms with Gasteiger partial charge >= 0.3 is 11.9 Å². The van der Waals surface area contributed by atoms with E-state index < -0.39 is 119 Å². The van der Waals surface area contributed by atoms with E-state index >= 15 is 9.59 Å². The molecule has 10 rings (SSSR count). The predicted molar refractivity (Wildman–Crippen MR) is 327 cm³/mol. The number of fused-ring (bicyclic) bond motifs is 8. The van der Waals surface area contributed by atoms with Gasteiger partial charge in [0.2, 0.25) is 11.8 Å². The van der Waals surface area contributed by atoms with Crippen LogP contribution >= 0.6 is 0 Å². The molecule has 22 nitrogen and oxygen atoms in total. The Balaban J connectivity index is 1.04. The van der Waals surface area contributed by atoms with Crippen LogP contribution in [0.2, 0.25) is 0 Å². The van der Waals surface area contributed by atoms with Crippen molar-refractivity contribution in [3.63, 3.8) is 0 Å².